The number of rotatable bonds is 1. The van der Waals surface area contributed by atoms with Gasteiger partial charge in [0.2, 0.25) is 0 Å². The van der Waals surface area contributed by atoms with Crippen molar-refractivity contribution >= 4 is 0 Å². The summed E-state index contributed by atoms with van der Waals surface area (Å²) in [6.07, 6.45) is 1.78. The largest absolute Gasteiger partial charge is 0.331 e. The molecule has 0 amide bonds. The van der Waals surface area contributed by atoms with Crippen molar-refractivity contribution in [3.05, 3.63) is 11.8 Å². The molecule has 0 fully saturated rings. The molecule has 0 aromatic rings. The summed E-state index contributed by atoms with van der Waals surface area (Å²) in [5.74, 6) is 0. The molecule has 2 heteroatoms. The molecule has 0 aliphatic rings. The Morgan fingerprint density at radius 3 is 2.29 bits per heavy atom. The second kappa shape index (κ2) is 2.77. The lowest BCUT2D eigenvalue weighted by Gasteiger charge is -1.98. The Balaban J connectivity index is 3.56. The molecular weight excluding hydrogens is 88.1 g/mol. The number of nitrogens with two attached hydrogens (primary N) is 1. The highest BCUT2D eigenvalue weighted by molar-refractivity contribution is 4.99. The van der Waals surface area contributed by atoms with Crippen LogP contribution in [0.5, 0.6) is 0 Å². The summed E-state index contributed by atoms with van der Waals surface area (Å²) in [4.78, 5) is 0. The van der Waals surface area contributed by atoms with Crippen LogP contribution in [0.3, 0.4) is 0 Å². The summed E-state index contributed by atoms with van der Waals surface area (Å²) in [7, 11) is 0. The van der Waals surface area contributed by atoms with Crippen molar-refractivity contribution < 1.29 is 5.73 Å². The molecule has 1 atom stereocenters. The van der Waals surface area contributed by atoms with Crippen molar-refractivity contribution in [1.29, 1.82) is 0 Å². The predicted molar refractivity (Wildman–Crippen MR) is 30.3 cm³/mol. The van der Waals surface area contributed by atoms with Gasteiger partial charge in [-0.25, -0.2) is 0 Å². The number of quaternary nitrogens is 1. The average molecular weight is 101 g/mol. The van der Waals surface area contributed by atoms with Crippen molar-refractivity contribution in [2.45, 2.75) is 19.9 Å². The van der Waals surface area contributed by atoms with Crippen LogP contribution in [0.1, 0.15) is 13.8 Å². The van der Waals surface area contributed by atoms with Gasteiger partial charge in [0, 0.05) is 6.04 Å². The van der Waals surface area contributed by atoms with E-state index in [0.717, 1.165) is 5.57 Å². The summed E-state index contributed by atoms with van der Waals surface area (Å²) in [6.45, 7) is 3.91. The molecule has 0 saturated carbocycles. The van der Waals surface area contributed by atoms with E-state index < -0.39 is 0 Å². The maximum Gasteiger partial charge on any atom is 0.0913 e. The molecule has 0 spiro atoms. The maximum atomic E-state index is 5.44. The summed E-state index contributed by atoms with van der Waals surface area (Å²) in [5, 5.41) is 0. The molecule has 0 saturated heterocycles. The van der Waals surface area contributed by atoms with Gasteiger partial charge in [0.1, 0.15) is 0 Å². The first-order valence-electron chi connectivity index (χ1n) is 2.40. The lowest BCUT2D eigenvalue weighted by molar-refractivity contribution is -0.276. The van der Waals surface area contributed by atoms with Gasteiger partial charge in [-0.2, -0.15) is 0 Å². The highest BCUT2D eigenvalue weighted by Gasteiger charge is 1.93. The summed E-state index contributed by atoms with van der Waals surface area (Å²) in [6, 6.07) is 0.164. The number of hydrogen-bond donors (Lipinski definition) is 2. The fraction of sp³-hybridized carbons (Fsp3) is 0.600. The fourth-order valence-corrected chi connectivity index (χ4v) is 0.186. The Bertz CT molecular complexity index is 74.1. The number of hydrogen-bond acceptors (Lipinski definition) is 1. The lowest BCUT2D eigenvalue weighted by atomic mass is 10.2. The Morgan fingerprint density at radius 2 is 2.29 bits per heavy atom. The van der Waals surface area contributed by atoms with Crippen LogP contribution in [-0.2, 0) is 0 Å². The zero-order valence-corrected chi connectivity index (χ0v) is 4.94. The first-order valence-corrected chi connectivity index (χ1v) is 2.40. The Labute approximate surface area is 44.2 Å². The SMILES string of the molecule is CC(=C[NH3+])C(C)N. The molecule has 0 aromatic carbocycles. The van der Waals surface area contributed by atoms with Crippen LogP contribution in [0.25, 0.3) is 0 Å². The molecule has 5 N–H and O–H groups in total. The molecule has 0 rings (SSSR count). The zero-order chi connectivity index (χ0) is 5.86. The highest BCUT2D eigenvalue weighted by atomic mass is 14.6. The fourth-order valence-electron chi connectivity index (χ4n) is 0.186. The molecule has 0 aromatic heterocycles. The minimum absolute atomic E-state index is 0.164. The van der Waals surface area contributed by atoms with Gasteiger partial charge in [0.15, 0.2) is 0 Å². The van der Waals surface area contributed by atoms with Crippen molar-refractivity contribution in [3.8, 4) is 0 Å². The Hall–Kier alpha value is -0.340. The topological polar surface area (TPSA) is 53.7 Å². The molecule has 2 nitrogen and oxygen atoms in total. The van der Waals surface area contributed by atoms with Gasteiger partial charge < -0.3 is 11.5 Å². The van der Waals surface area contributed by atoms with Crippen LogP contribution in [0.15, 0.2) is 11.8 Å². The van der Waals surface area contributed by atoms with E-state index in [1.54, 1.807) is 6.20 Å². The van der Waals surface area contributed by atoms with Crippen LogP contribution in [0.2, 0.25) is 0 Å². The molecule has 0 radical (unpaired) electrons. The van der Waals surface area contributed by atoms with E-state index in [4.69, 9.17) is 5.73 Å². The van der Waals surface area contributed by atoms with Crippen LogP contribution in [0, 0.1) is 0 Å². The van der Waals surface area contributed by atoms with Crippen molar-refractivity contribution in [1.82, 2.24) is 0 Å². The van der Waals surface area contributed by atoms with E-state index in [2.05, 4.69) is 5.73 Å². The zero-order valence-electron chi connectivity index (χ0n) is 4.94. The van der Waals surface area contributed by atoms with Gasteiger partial charge >= 0.3 is 0 Å². The average Bonchev–Trinajstić information content (AvgIpc) is 1.65. The minimum Gasteiger partial charge on any atom is -0.331 e. The second-order valence-electron chi connectivity index (χ2n) is 1.74. The van der Waals surface area contributed by atoms with Gasteiger partial charge in [-0.05, 0) is 19.4 Å². The third-order valence-corrected chi connectivity index (χ3v) is 1.04. The van der Waals surface area contributed by atoms with E-state index in [-0.39, 0.29) is 6.04 Å². The van der Waals surface area contributed by atoms with Crippen LogP contribution in [-0.4, -0.2) is 6.04 Å². The van der Waals surface area contributed by atoms with Gasteiger partial charge in [-0.3, -0.25) is 0 Å². The smallest absolute Gasteiger partial charge is 0.0913 e. The molecule has 0 bridgehead atoms. The molecule has 0 aliphatic carbocycles. The van der Waals surface area contributed by atoms with Gasteiger partial charge in [0.05, 0.1) is 6.20 Å². The van der Waals surface area contributed by atoms with Crippen LogP contribution >= 0.6 is 0 Å². The first-order chi connectivity index (χ1) is 3.18. The van der Waals surface area contributed by atoms with Crippen molar-refractivity contribution in [2.75, 3.05) is 0 Å². The summed E-state index contributed by atoms with van der Waals surface area (Å²) >= 11 is 0. The summed E-state index contributed by atoms with van der Waals surface area (Å²) in [5.41, 5.74) is 10.1. The Kier molecular flexibility index (Phi) is 2.64. The molecule has 0 heterocycles. The third kappa shape index (κ3) is 2.37. The van der Waals surface area contributed by atoms with Gasteiger partial charge in [0.25, 0.3) is 0 Å². The van der Waals surface area contributed by atoms with Gasteiger partial charge in [-0.1, -0.05) is 0 Å². The molecule has 7 heavy (non-hydrogen) atoms. The quantitative estimate of drug-likeness (QED) is 0.459. The second-order valence-corrected chi connectivity index (χ2v) is 1.74. The molecular formula is C5H13N2+. The molecule has 42 valence electrons. The van der Waals surface area contributed by atoms with Crippen LogP contribution in [0.4, 0.5) is 0 Å². The standard InChI is InChI=1S/C5H12N2/c1-4(3-6)5(2)7/h3,5H,6-7H2,1-2H3/p+1. The van der Waals surface area contributed by atoms with Crippen molar-refractivity contribution in [3.63, 3.8) is 0 Å². The molecule has 0 aliphatic heterocycles. The normalized spacial score (nSPS) is 16.9. The van der Waals surface area contributed by atoms with Gasteiger partial charge in [-0.15, -0.1) is 0 Å². The van der Waals surface area contributed by atoms with E-state index in [1.807, 2.05) is 13.8 Å². The molecule has 1 unspecified atom stereocenters. The Morgan fingerprint density at radius 1 is 1.86 bits per heavy atom. The minimum atomic E-state index is 0.164. The lowest BCUT2D eigenvalue weighted by Crippen LogP contribution is -2.41. The van der Waals surface area contributed by atoms with Crippen LogP contribution < -0.4 is 11.5 Å². The van der Waals surface area contributed by atoms with E-state index >= 15 is 0 Å². The third-order valence-electron chi connectivity index (χ3n) is 1.04. The first kappa shape index (κ1) is 6.66. The van der Waals surface area contributed by atoms with Crippen molar-refractivity contribution in [2.24, 2.45) is 5.73 Å². The summed E-state index contributed by atoms with van der Waals surface area (Å²) < 4.78 is 0. The van der Waals surface area contributed by atoms with E-state index in [0.29, 0.717) is 0 Å². The van der Waals surface area contributed by atoms with E-state index in [1.165, 1.54) is 0 Å². The predicted octanol–water partition coefficient (Wildman–Crippen LogP) is -0.521. The van der Waals surface area contributed by atoms with E-state index in [9.17, 15) is 0 Å². The maximum absolute atomic E-state index is 5.44. The highest BCUT2D eigenvalue weighted by Crippen LogP contribution is 1.90. The monoisotopic (exact) mass is 101 g/mol.